The van der Waals surface area contributed by atoms with E-state index < -0.39 is 0 Å². The Hall–Kier alpha value is 2.71. The zero-order chi connectivity index (χ0) is 2.71. The van der Waals surface area contributed by atoms with Crippen molar-refractivity contribution in [2.45, 2.75) is 0 Å². The number of hydrogen-bond donors (Lipinski definition) is 0. The van der Waals surface area contributed by atoms with Crippen molar-refractivity contribution in [2.24, 2.45) is 0 Å². The van der Waals surface area contributed by atoms with Crippen LogP contribution in [0.3, 0.4) is 0 Å². The Kier molecular flexibility index (Phi) is 22.7. The zero-order valence-electron chi connectivity index (χ0n) is 1.47. The molecule has 0 aromatic heterocycles. The molecule has 0 heterocycles. The molecule has 0 amide bonds. The fraction of sp³-hybridized carbons (Fsp3) is 0. The van der Waals surface area contributed by atoms with E-state index in [1.54, 1.807) is 8.46 Å². The fourth-order valence-corrected chi connectivity index (χ4v) is 0. The van der Waals surface area contributed by atoms with Crippen molar-refractivity contribution in [2.75, 3.05) is 0 Å². The summed E-state index contributed by atoms with van der Waals surface area (Å²) in [4.78, 5) is 0. The maximum atomic E-state index is 2.18. The van der Waals surface area contributed by atoms with Crippen LogP contribution in [0.2, 0.25) is 0 Å². The fourth-order valence-electron chi connectivity index (χ4n) is 0. The quantitative estimate of drug-likeness (QED) is 0.397. The molecule has 0 nitrogen and oxygen atoms in total. The molecule has 0 saturated heterocycles. The van der Waals surface area contributed by atoms with Gasteiger partial charge in [0.15, 0.2) is 0 Å². The monoisotopic (exact) mass is 445 g/mol. The molecular weight excluding hydrogens is 444 g/mol. The van der Waals surface area contributed by atoms with Gasteiger partial charge in [-0.15, -0.1) is 24.0 Å². The van der Waals surface area contributed by atoms with Crippen LogP contribution in [0.25, 0.3) is 0 Å². The van der Waals surface area contributed by atoms with E-state index in [9.17, 15) is 0 Å². The van der Waals surface area contributed by atoms with E-state index in [-0.39, 0.29) is 24.0 Å². The Morgan fingerprint density at radius 3 is 1.25 bits per heavy atom. The van der Waals surface area contributed by atoms with Crippen LogP contribution in [0.5, 0.6) is 0 Å². The van der Waals surface area contributed by atoms with Crippen molar-refractivity contribution >= 4 is 64.7 Å². The summed E-state index contributed by atoms with van der Waals surface area (Å²) in [6.07, 6.45) is 0. The van der Waals surface area contributed by atoms with E-state index in [1.165, 1.54) is 0 Å². The summed E-state index contributed by atoms with van der Waals surface area (Å²) in [5.74, 6) is 0. The van der Waals surface area contributed by atoms with E-state index >= 15 is 0 Å². The second kappa shape index (κ2) is 9.20. The summed E-state index contributed by atoms with van der Waals surface area (Å²) < 4.78 is 0. The number of rotatable bonds is 0. The molecule has 0 aliphatic heterocycles. The van der Waals surface area contributed by atoms with E-state index in [0.717, 1.165) is 0 Å². The van der Waals surface area contributed by atoms with E-state index in [1.807, 2.05) is 0 Å². The molecule has 0 rings (SSSR count). The third-order valence-corrected chi connectivity index (χ3v) is 0. The second-order valence-electron chi connectivity index (χ2n) is 0.0431. The average Bonchev–Trinajstić information content (AvgIpc) is 0.918. The van der Waals surface area contributed by atoms with Gasteiger partial charge in [0.25, 0.3) is 0 Å². The molecule has 0 aliphatic carbocycles. The van der Waals surface area contributed by atoms with E-state index in [2.05, 4.69) is 40.7 Å². The zero-order valence-corrected chi connectivity index (χ0v) is 9.05. The van der Waals surface area contributed by atoms with Crippen molar-refractivity contribution in [3.05, 3.63) is 0 Å². The van der Waals surface area contributed by atoms with Crippen LogP contribution in [0.4, 0.5) is 0 Å². The van der Waals surface area contributed by atoms with E-state index in [0.29, 0.717) is 0 Å². The van der Waals surface area contributed by atoms with Gasteiger partial charge in [0, 0.05) is 0 Å². The Bertz CT molecular complexity index is 3.25. The molecule has 0 aliphatic rings. The first-order valence-electron chi connectivity index (χ1n) is 0.228. The van der Waals surface area contributed by atoms with Crippen LogP contribution in [-0.2, 0) is 8.46 Å². The van der Waals surface area contributed by atoms with Gasteiger partial charge < -0.3 is 0 Å². The van der Waals surface area contributed by atoms with Crippen LogP contribution in [0.15, 0.2) is 0 Å². The standard InChI is InChI=1S/Cu.3HI/h;3*1H/q+2;;;/p-2. The molecule has 33 valence electrons. The normalized spacial score (nSPS) is 5.50. The molecule has 0 aromatic rings. The Labute approximate surface area is 71.5 Å². The van der Waals surface area contributed by atoms with Crippen molar-refractivity contribution in [3.8, 4) is 0 Å². The van der Waals surface area contributed by atoms with Gasteiger partial charge in [0.2, 0.25) is 0 Å². The van der Waals surface area contributed by atoms with Crippen LogP contribution < -0.4 is 0 Å². The van der Waals surface area contributed by atoms with Gasteiger partial charge in [0.05, 0.1) is 0 Å². The topological polar surface area (TPSA) is 0 Å². The molecule has 0 aromatic carbocycles. The average molecular weight is 445 g/mol. The summed E-state index contributed by atoms with van der Waals surface area (Å²) in [6, 6.07) is 0. The Morgan fingerprint density at radius 2 is 1.25 bits per heavy atom. The Morgan fingerprint density at radius 1 is 1.25 bits per heavy atom. The number of halogens is 3. The molecule has 0 unspecified atom stereocenters. The number of hydrogen-bond acceptors (Lipinski definition) is 0. The van der Waals surface area contributed by atoms with Crippen LogP contribution in [0.1, 0.15) is 0 Å². The summed E-state index contributed by atoms with van der Waals surface area (Å²) in [5.41, 5.74) is 0. The third kappa shape index (κ3) is 8.83. The summed E-state index contributed by atoms with van der Waals surface area (Å²) in [7, 11) is 1.75. The first kappa shape index (κ1) is 9.86. The first-order valence-corrected chi connectivity index (χ1v) is 6.30. The van der Waals surface area contributed by atoms with Crippen molar-refractivity contribution < 1.29 is 8.46 Å². The van der Waals surface area contributed by atoms with Gasteiger partial charge in [-0.05, 0) is 0 Å². The summed E-state index contributed by atoms with van der Waals surface area (Å²) >= 11 is 4.36. The molecule has 0 spiro atoms. The summed E-state index contributed by atoms with van der Waals surface area (Å²) in [6.45, 7) is 0. The Balaban J connectivity index is 0. The van der Waals surface area contributed by atoms with Gasteiger partial charge in [-0.2, -0.15) is 0 Å². The molecule has 0 fully saturated rings. The third-order valence-electron chi connectivity index (χ3n) is 0. The molecule has 0 saturated carbocycles. The molecule has 4 heavy (non-hydrogen) atoms. The minimum atomic E-state index is 0. The van der Waals surface area contributed by atoms with Gasteiger partial charge in [-0.1, -0.05) is 0 Å². The van der Waals surface area contributed by atoms with Gasteiger partial charge in [-0.3, -0.25) is 0 Å². The second-order valence-corrected chi connectivity index (χ2v) is 7.99. The van der Waals surface area contributed by atoms with Crippen LogP contribution in [0, 0.1) is 0 Å². The summed E-state index contributed by atoms with van der Waals surface area (Å²) in [5, 5.41) is 0. The van der Waals surface area contributed by atoms with Gasteiger partial charge in [-0.25, -0.2) is 0 Å². The van der Waals surface area contributed by atoms with Gasteiger partial charge >= 0.3 is 49.1 Å². The molecular formula is HCuI3. The SMILES string of the molecule is I.[I][Cu][I]. The van der Waals surface area contributed by atoms with Crippen molar-refractivity contribution in [3.63, 3.8) is 0 Å². The molecule has 4 heteroatoms. The maximum absolute atomic E-state index is 2.18. The molecule has 0 radical (unpaired) electrons. The van der Waals surface area contributed by atoms with Gasteiger partial charge in [0.1, 0.15) is 0 Å². The molecule has 0 atom stereocenters. The van der Waals surface area contributed by atoms with Crippen molar-refractivity contribution in [1.29, 1.82) is 0 Å². The minimum absolute atomic E-state index is 0. The van der Waals surface area contributed by atoms with Crippen molar-refractivity contribution in [1.82, 2.24) is 0 Å². The van der Waals surface area contributed by atoms with Crippen LogP contribution >= 0.6 is 64.7 Å². The van der Waals surface area contributed by atoms with Crippen LogP contribution in [-0.4, -0.2) is 0 Å². The van der Waals surface area contributed by atoms with E-state index in [4.69, 9.17) is 0 Å². The first-order chi connectivity index (χ1) is 1.41. The predicted molar refractivity (Wildman–Crippen MR) is 43.5 cm³/mol. The molecule has 0 bridgehead atoms. The predicted octanol–water partition coefficient (Wildman–Crippen LogP) is 2.39. The molecule has 0 N–H and O–H groups in total.